The fourth-order valence-electron chi connectivity index (χ4n) is 7.05. The van der Waals surface area contributed by atoms with Gasteiger partial charge in [0, 0.05) is 32.7 Å². The molecule has 4 fully saturated rings. The van der Waals surface area contributed by atoms with Crippen molar-refractivity contribution in [3.63, 3.8) is 0 Å². The Morgan fingerprint density at radius 1 is 1.11 bits per heavy atom. The van der Waals surface area contributed by atoms with Crippen LogP contribution in [0.1, 0.15) is 44.7 Å². The number of aliphatic hydroxyl groups excluding tert-OH is 1. The van der Waals surface area contributed by atoms with Gasteiger partial charge < -0.3 is 30.1 Å². The molecule has 4 heterocycles. The number of likely N-dealkylation sites (tertiary alicyclic amines) is 1. The lowest BCUT2D eigenvalue weighted by Gasteiger charge is -2.37. The molecule has 208 valence electrons. The molecule has 4 aliphatic heterocycles. The van der Waals surface area contributed by atoms with Crippen molar-refractivity contribution in [2.45, 2.75) is 56.4 Å². The van der Waals surface area contributed by atoms with Crippen LogP contribution in [0.15, 0.2) is 30.3 Å². The Morgan fingerprint density at radius 3 is 2.50 bits per heavy atom. The van der Waals surface area contributed by atoms with E-state index in [0.717, 1.165) is 25.1 Å². The summed E-state index contributed by atoms with van der Waals surface area (Å²) in [4.78, 5) is 45.4. The van der Waals surface area contributed by atoms with Gasteiger partial charge in [-0.2, -0.15) is 0 Å². The van der Waals surface area contributed by atoms with Crippen molar-refractivity contribution in [2.75, 3.05) is 52.5 Å². The van der Waals surface area contributed by atoms with Crippen LogP contribution in [0, 0.1) is 11.8 Å². The Bertz CT molecular complexity index is 1030. The second-order valence-corrected chi connectivity index (χ2v) is 11.1. The molecule has 6 atom stereocenters. The van der Waals surface area contributed by atoms with Gasteiger partial charge in [-0.3, -0.25) is 19.3 Å². The number of carbonyl (C=O) groups is 3. The summed E-state index contributed by atoms with van der Waals surface area (Å²) in [5.41, 5.74) is -1.21. The summed E-state index contributed by atoms with van der Waals surface area (Å²) in [5.74, 6) is -2.29. The quantitative estimate of drug-likeness (QED) is 0.404. The zero-order valence-corrected chi connectivity index (χ0v) is 22.4. The second kappa shape index (κ2) is 10.9. The van der Waals surface area contributed by atoms with Crippen LogP contribution >= 0.6 is 0 Å². The topological polar surface area (TPSA) is 120 Å². The maximum Gasteiger partial charge on any atom is 0.245 e. The Morgan fingerprint density at radius 2 is 1.82 bits per heavy atom. The highest BCUT2D eigenvalue weighted by atomic mass is 16.5. The first-order chi connectivity index (χ1) is 18.4. The van der Waals surface area contributed by atoms with Crippen LogP contribution in [0.2, 0.25) is 0 Å². The van der Waals surface area contributed by atoms with Crippen molar-refractivity contribution in [3.05, 3.63) is 35.9 Å². The number of benzene rings is 1. The molecule has 0 aromatic heterocycles. The molecule has 3 N–H and O–H groups in total. The van der Waals surface area contributed by atoms with Gasteiger partial charge in [0.05, 0.1) is 43.3 Å². The van der Waals surface area contributed by atoms with E-state index in [9.17, 15) is 19.5 Å². The van der Waals surface area contributed by atoms with E-state index >= 15 is 0 Å². The molecular formula is C28H40N4O6. The van der Waals surface area contributed by atoms with Crippen LogP contribution < -0.4 is 10.6 Å². The number of fused-ring (bicyclic) bond motifs is 1. The molecule has 0 saturated carbocycles. The lowest BCUT2D eigenvalue weighted by molar-refractivity contribution is -0.149. The summed E-state index contributed by atoms with van der Waals surface area (Å²) in [6, 6.07) is 7.57. The Balaban J connectivity index is 1.47. The maximum absolute atomic E-state index is 14.3. The molecule has 2 unspecified atom stereocenters. The third kappa shape index (κ3) is 4.51. The minimum atomic E-state index is -1.12. The van der Waals surface area contributed by atoms with Crippen molar-refractivity contribution in [1.29, 1.82) is 0 Å². The highest BCUT2D eigenvalue weighted by molar-refractivity contribution is 5.99. The molecular weight excluding hydrogens is 488 g/mol. The highest BCUT2D eigenvalue weighted by Crippen LogP contribution is 2.64. The number of aliphatic hydroxyl groups is 1. The first kappa shape index (κ1) is 27.1. The Kier molecular flexibility index (Phi) is 7.77. The number of rotatable bonds is 10. The molecule has 10 nitrogen and oxygen atoms in total. The molecule has 1 spiro atoms. The third-order valence-electron chi connectivity index (χ3n) is 8.82. The van der Waals surface area contributed by atoms with Gasteiger partial charge in [-0.15, -0.1) is 0 Å². The zero-order chi connectivity index (χ0) is 26.9. The highest BCUT2D eigenvalue weighted by Gasteiger charge is 2.78. The predicted octanol–water partition coefficient (Wildman–Crippen LogP) is 0.459. The first-order valence-electron chi connectivity index (χ1n) is 13.9. The van der Waals surface area contributed by atoms with E-state index in [1.54, 1.807) is 0 Å². The van der Waals surface area contributed by atoms with Crippen molar-refractivity contribution in [2.24, 2.45) is 11.8 Å². The van der Waals surface area contributed by atoms with Gasteiger partial charge in [-0.1, -0.05) is 37.3 Å². The van der Waals surface area contributed by atoms with E-state index < -0.39 is 35.1 Å². The fourth-order valence-corrected chi connectivity index (χ4v) is 7.05. The molecule has 10 heteroatoms. The molecule has 3 amide bonds. The fraction of sp³-hybridized carbons (Fsp3) is 0.679. The number of carbonyl (C=O) groups excluding carboxylic acids is 3. The molecule has 1 aromatic carbocycles. The van der Waals surface area contributed by atoms with Crippen LogP contribution in [0.5, 0.6) is 0 Å². The number of amides is 3. The minimum Gasteiger partial charge on any atom is -0.394 e. The molecule has 38 heavy (non-hydrogen) atoms. The SMILES string of the molecule is CCCNC(=O)[C@H]1[C@H]2C(=O)N([C@H](CO)c3ccccc3)C(C(=O)NCCN3CCOCC3)C23CC[C@]1(C)O3. The third-order valence-corrected chi connectivity index (χ3v) is 8.82. The molecule has 4 aliphatic rings. The number of hydrogen-bond acceptors (Lipinski definition) is 7. The number of hydrogen-bond donors (Lipinski definition) is 3. The number of morpholine rings is 1. The molecule has 0 radical (unpaired) electrons. The largest absolute Gasteiger partial charge is 0.394 e. The lowest BCUT2D eigenvalue weighted by Crippen LogP contribution is -2.57. The maximum atomic E-state index is 14.3. The van der Waals surface area contributed by atoms with E-state index in [0.29, 0.717) is 45.7 Å². The van der Waals surface area contributed by atoms with Crippen LogP contribution in [-0.2, 0) is 23.9 Å². The summed E-state index contributed by atoms with van der Waals surface area (Å²) in [6.07, 6.45) is 1.87. The smallest absolute Gasteiger partial charge is 0.245 e. The minimum absolute atomic E-state index is 0.206. The van der Waals surface area contributed by atoms with E-state index in [1.807, 2.05) is 44.2 Å². The lowest BCUT2D eigenvalue weighted by atomic mass is 9.66. The number of ether oxygens (including phenoxy) is 2. The Labute approximate surface area is 224 Å². The number of nitrogens with one attached hydrogen (secondary N) is 2. The Hall–Kier alpha value is -2.53. The van der Waals surface area contributed by atoms with Crippen molar-refractivity contribution in [3.8, 4) is 0 Å². The average Bonchev–Trinajstić information content (AvgIpc) is 3.50. The van der Waals surface area contributed by atoms with E-state index in [4.69, 9.17) is 9.47 Å². The summed E-state index contributed by atoms with van der Waals surface area (Å²) >= 11 is 0. The first-order valence-corrected chi connectivity index (χ1v) is 13.9. The van der Waals surface area contributed by atoms with E-state index in [2.05, 4.69) is 15.5 Å². The summed E-state index contributed by atoms with van der Waals surface area (Å²) in [5, 5.41) is 16.5. The van der Waals surface area contributed by atoms with E-state index in [1.165, 1.54) is 4.90 Å². The van der Waals surface area contributed by atoms with Crippen LogP contribution in [0.4, 0.5) is 0 Å². The molecule has 1 aromatic rings. The molecule has 0 aliphatic carbocycles. The van der Waals surface area contributed by atoms with Crippen molar-refractivity contribution >= 4 is 17.7 Å². The summed E-state index contributed by atoms with van der Waals surface area (Å²) in [7, 11) is 0. The van der Waals surface area contributed by atoms with Crippen molar-refractivity contribution in [1.82, 2.24) is 20.4 Å². The van der Waals surface area contributed by atoms with Gasteiger partial charge in [0.2, 0.25) is 17.7 Å². The molecule has 4 saturated heterocycles. The van der Waals surface area contributed by atoms with Gasteiger partial charge in [0.15, 0.2) is 0 Å². The standard InChI is InChI=1S/C28H40N4O6/c1-3-11-29-24(34)21-22-26(36)32(20(18-33)19-7-5-4-6-8-19)23(28(22)10-9-27(21,2)38-28)25(35)30-12-13-31-14-16-37-17-15-31/h4-8,20-23,33H,3,9-18H2,1-2H3,(H,29,34)(H,30,35)/t20-,21-,22+,23?,27+,28?/m1/s1. The van der Waals surface area contributed by atoms with Gasteiger partial charge >= 0.3 is 0 Å². The van der Waals surface area contributed by atoms with Crippen molar-refractivity contribution < 1.29 is 29.0 Å². The summed E-state index contributed by atoms with van der Waals surface area (Å²) in [6.45, 7) is 8.10. The second-order valence-electron chi connectivity index (χ2n) is 11.1. The van der Waals surface area contributed by atoms with Gasteiger partial charge in [-0.05, 0) is 31.7 Å². The van der Waals surface area contributed by atoms with Gasteiger partial charge in [0.25, 0.3) is 0 Å². The molecule has 2 bridgehead atoms. The normalized spacial score (nSPS) is 33.3. The molecule has 5 rings (SSSR count). The van der Waals surface area contributed by atoms with Crippen LogP contribution in [-0.4, -0.2) is 102 Å². The van der Waals surface area contributed by atoms with Gasteiger partial charge in [-0.25, -0.2) is 0 Å². The predicted molar refractivity (Wildman–Crippen MR) is 139 cm³/mol. The average molecular weight is 529 g/mol. The number of nitrogens with zero attached hydrogens (tertiary/aromatic N) is 2. The monoisotopic (exact) mass is 528 g/mol. The van der Waals surface area contributed by atoms with Gasteiger partial charge in [0.1, 0.15) is 11.6 Å². The van der Waals surface area contributed by atoms with Crippen LogP contribution in [0.25, 0.3) is 0 Å². The zero-order valence-electron chi connectivity index (χ0n) is 22.4. The van der Waals surface area contributed by atoms with Crippen LogP contribution in [0.3, 0.4) is 0 Å². The van der Waals surface area contributed by atoms with E-state index in [-0.39, 0.29) is 24.3 Å². The summed E-state index contributed by atoms with van der Waals surface area (Å²) < 4.78 is 12.1.